The van der Waals surface area contributed by atoms with Gasteiger partial charge < -0.3 is 4.74 Å². The fraction of sp³-hybridized carbons (Fsp3) is 0.500. The van der Waals surface area contributed by atoms with E-state index in [1.54, 1.807) is 7.11 Å². The lowest BCUT2D eigenvalue weighted by atomic mass is 10.1. The molecule has 0 aromatic heterocycles. The third-order valence-electron chi connectivity index (χ3n) is 2.86. The number of para-hydroxylation sites is 1. The van der Waals surface area contributed by atoms with Gasteiger partial charge in [0.15, 0.2) is 0 Å². The van der Waals surface area contributed by atoms with E-state index in [2.05, 4.69) is 17.9 Å². The highest BCUT2D eigenvalue weighted by Crippen LogP contribution is 2.28. The van der Waals surface area contributed by atoms with Crippen molar-refractivity contribution in [3.8, 4) is 11.8 Å². The Morgan fingerprint density at radius 2 is 2.12 bits per heavy atom. The first-order valence-corrected chi connectivity index (χ1v) is 5.97. The highest BCUT2D eigenvalue weighted by molar-refractivity contribution is 5.38. The van der Waals surface area contributed by atoms with Crippen molar-refractivity contribution in [1.82, 2.24) is 4.90 Å². The zero-order valence-electron chi connectivity index (χ0n) is 10.8. The van der Waals surface area contributed by atoms with Crippen LogP contribution in [0.3, 0.4) is 0 Å². The molecule has 1 atom stereocenters. The monoisotopic (exact) mass is 232 g/mol. The number of nitrogens with zero attached hydrogens (tertiary/aromatic N) is 2. The van der Waals surface area contributed by atoms with Crippen LogP contribution in [0.5, 0.6) is 5.75 Å². The Labute approximate surface area is 104 Å². The molecule has 92 valence electrons. The summed E-state index contributed by atoms with van der Waals surface area (Å²) in [5.74, 6) is 0.780. The van der Waals surface area contributed by atoms with Crippen molar-refractivity contribution in [3.05, 3.63) is 29.8 Å². The Balaban J connectivity index is 2.90. The number of methoxy groups -OCH3 is 1. The average molecular weight is 232 g/mol. The average Bonchev–Trinajstić information content (AvgIpc) is 2.37. The Morgan fingerprint density at radius 3 is 2.71 bits per heavy atom. The van der Waals surface area contributed by atoms with Gasteiger partial charge in [-0.3, -0.25) is 4.90 Å². The zero-order chi connectivity index (χ0) is 12.7. The molecule has 3 heteroatoms. The molecule has 0 fully saturated rings. The van der Waals surface area contributed by atoms with E-state index >= 15 is 0 Å². The van der Waals surface area contributed by atoms with Crippen molar-refractivity contribution in [2.75, 3.05) is 20.7 Å². The van der Waals surface area contributed by atoms with Crippen LogP contribution in [0, 0.1) is 11.3 Å². The van der Waals surface area contributed by atoms with E-state index in [1.807, 2.05) is 31.3 Å². The molecule has 0 N–H and O–H groups in total. The molecule has 1 rings (SSSR count). The SMILES string of the molecule is CCCCN(C)C(C#N)c1ccccc1OC. The van der Waals surface area contributed by atoms with E-state index in [-0.39, 0.29) is 6.04 Å². The first-order chi connectivity index (χ1) is 8.24. The summed E-state index contributed by atoms with van der Waals surface area (Å²) in [5.41, 5.74) is 0.941. The molecule has 0 aliphatic carbocycles. The minimum Gasteiger partial charge on any atom is -0.496 e. The fourth-order valence-electron chi connectivity index (χ4n) is 1.83. The van der Waals surface area contributed by atoms with E-state index in [0.717, 1.165) is 30.7 Å². The van der Waals surface area contributed by atoms with Crippen LogP contribution in [0.25, 0.3) is 0 Å². The molecule has 0 amide bonds. The normalized spacial score (nSPS) is 12.2. The smallest absolute Gasteiger partial charge is 0.127 e. The van der Waals surface area contributed by atoms with Crippen LogP contribution >= 0.6 is 0 Å². The molecule has 3 nitrogen and oxygen atoms in total. The molecule has 0 radical (unpaired) electrons. The largest absolute Gasteiger partial charge is 0.496 e. The number of nitriles is 1. The van der Waals surface area contributed by atoms with Crippen LogP contribution in [-0.2, 0) is 0 Å². The van der Waals surface area contributed by atoms with Crippen molar-refractivity contribution >= 4 is 0 Å². The highest BCUT2D eigenvalue weighted by Gasteiger charge is 2.19. The number of hydrogen-bond donors (Lipinski definition) is 0. The van der Waals surface area contributed by atoms with Crippen LogP contribution < -0.4 is 4.74 Å². The molecule has 1 aromatic rings. The Morgan fingerprint density at radius 1 is 1.41 bits per heavy atom. The summed E-state index contributed by atoms with van der Waals surface area (Å²) in [5, 5.41) is 9.32. The Kier molecular flexibility index (Phi) is 5.51. The number of ether oxygens (including phenoxy) is 1. The van der Waals surface area contributed by atoms with Crippen molar-refractivity contribution in [3.63, 3.8) is 0 Å². The van der Waals surface area contributed by atoms with Gasteiger partial charge in [0.25, 0.3) is 0 Å². The molecule has 0 bridgehead atoms. The predicted octanol–water partition coefficient (Wildman–Crippen LogP) is 2.99. The highest BCUT2D eigenvalue weighted by atomic mass is 16.5. The second-order valence-corrected chi connectivity index (χ2v) is 4.11. The maximum atomic E-state index is 9.32. The van der Waals surface area contributed by atoms with Crippen LogP contribution in [0.4, 0.5) is 0 Å². The zero-order valence-corrected chi connectivity index (χ0v) is 10.8. The molecule has 17 heavy (non-hydrogen) atoms. The maximum Gasteiger partial charge on any atom is 0.127 e. The molecule has 0 saturated heterocycles. The van der Waals surface area contributed by atoms with Crippen molar-refractivity contribution in [2.24, 2.45) is 0 Å². The minimum absolute atomic E-state index is 0.238. The quantitative estimate of drug-likeness (QED) is 0.756. The van der Waals surface area contributed by atoms with Gasteiger partial charge >= 0.3 is 0 Å². The molecule has 0 aliphatic rings. The van der Waals surface area contributed by atoms with Gasteiger partial charge in [0, 0.05) is 5.56 Å². The Hall–Kier alpha value is -1.53. The molecule has 0 spiro atoms. The third-order valence-corrected chi connectivity index (χ3v) is 2.86. The summed E-state index contributed by atoms with van der Waals surface area (Å²) in [6.07, 6.45) is 2.23. The fourth-order valence-corrected chi connectivity index (χ4v) is 1.83. The van der Waals surface area contributed by atoms with Gasteiger partial charge in [-0.15, -0.1) is 0 Å². The molecular weight excluding hydrogens is 212 g/mol. The van der Waals surface area contributed by atoms with Crippen molar-refractivity contribution < 1.29 is 4.74 Å². The van der Waals surface area contributed by atoms with Crippen LogP contribution in [0.1, 0.15) is 31.4 Å². The van der Waals surface area contributed by atoms with Crippen molar-refractivity contribution in [1.29, 1.82) is 5.26 Å². The summed E-state index contributed by atoms with van der Waals surface area (Å²) >= 11 is 0. The number of hydrogen-bond acceptors (Lipinski definition) is 3. The first kappa shape index (κ1) is 13.5. The summed E-state index contributed by atoms with van der Waals surface area (Å²) in [6.45, 7) is 3.07. The van der Waals surface area contributed by atoms with Gasteiger partial charge in [0.05, 0.1) is 13.2 Å². The number of rotatable bonds is 6. The van der Waals surface area contributed by atoms with E-state index < -0.39 is 0 Å². The van der Waals surface area contributed by atoms with E-state index in [1.165, 1.54) is 0 Å². The summed E-state index contributed by atoms with van der Waals surface area (Å²) in [6, 6.07) is 9.82. The van der Waals surface area contributed by atoms with Crippen LogP contribution in [0.2, 0.25) is 0 Å². The van der Waals surface area contributed by atoms with Gasteiger partial charge in [-0.05, 0) is 26.1 Å². The summed E-state index contributed by atoms with van der Waals surface area (Å²) < 4.78 is 5.30. The lowest BCUT2D eigenvalue weighted by Gasteiger charge is -2.23. The minimum atomic E-state index is -0.238. The topological polar surface area (TPSA) is 36.3 Å². The molecule has 0 heterocycles. The van der Waals surface area contributed by atoms with Crippen LogP contribution in [0.15, 0.2) is 24.3 Å². The maximum absolute atomic E-state index is 9.32. The van der Waals surface area contributed by atoms with Gasteiger partial charge in [-0.2, -0.15) is 5.26 Å². The third kappa shape index (κ3) is 3.47. The van der Waals surface area contributed by atoms with Gasteiger partial charge in [0.2, 0.25) is 0 Å². The summed E-state index contributed by atoms with van der Waals surface area (Å²) in [7, 11) is 3.62. The van der Waals surface area contributed by atoms with E-state index in [4.69, 9.17) is 4.74 Å². The van der Waals surface area contributed by atoms with Gasteiger partial charge in [-0.1, -0.05) is 31.5 Å². The van der Waals surface area contributed by atoms with Crippen LogP contribution in [-0.4, -0.2) is 25.6 Å². The molecule has 0 aliphatic heterocycles. The lowest BCUT2D eigenvalue weighted by molar-refractivity contribution is 0.279. The molecular formula is C14H20N2O. The Bertz CT molecular complexity index is 384. The standard InChI is InChI=1S/C14H20N2O/c1-4-5-10-16(2)13(11-15)12-8-6-7-9-14(12)17-3/h6-9,13H,4-5,10H2,1-3H3. The molecule has 0 saturated carbocycles. The molecule has 1 aromatic carbocycles. The first-order valence-electron chi connectivity index (χ1n) is 5.97. The van der Waals surface area contributed by atoms with E-state index in [9.17, 15) is 5.26 Å². The molecule has 1 unspecified atom stereocenters. The van der Waals surface area contributed by atoms with Gasteiger partial charge in [0.1, 0.15) is 11.8 Å². The van der Waals surface area contributed by atoms with E-state index in [0.29, 0.717) is 0 Å². The van der Waals surface area contributed by atoms with Gasteiger partial charge in [-0.25, -0.2) is 0 Å². The summed E-state index contributed by atoms with van der Waals surface area (Å²) in [4.78, 5) is 2.07. The number of benzene rings is 1. The second-order valence-electron chi connectivity index (χ2n) is 4.11. The van der Waals surface area contributed by atoms with Crippen molar-refractivity contribution in [2.45, 2.75) is 25.8 Å². The predicted molar refractivity (Wildman–Crippen MR) is 68.9 cm³/mol. The number of unbranched alkanes of at least 4 members (excludes halogenated alkanes) is 1. The second kappa shape index (κ2) is 6.93. The lowest BCUT2D eigenvalue weighted by Crippen LogP contribution is -2.25.